The minimum absolute atomic E-state index is 1.02. The molecule has 0 radical (unpaired) electrons. The van der Waals surface area contributed by atoms with Crippen molar-refractivity contribution >= 4 is 0 Å². The van der Waals surface area contributed by atoms with Gasteiger partial charge in [-0.25, -0.2) is 0 Å². The number of rotatable bonds is 2. The molecule has 0 aromatic heterocycles. The third kappa shape index (κ3) is 3.81. The van der Waals surface area contributed by atoms with Crippen LogP contribution in [0.1, 0.15) is 27.2 Å². The lowest BCUT2D eigenvalue weighted by Crippen LogP contribution is -1.72. The minimum atomic E-state index is 1.02. The Balaban J connectivity index is 4.19. The Labute approximate surface area is 57.6 Å². The van der Waals surface area contributed by atoms with E-state index in [-0.39, 0.29) is 0 Å². The predicted molar refractivity (Wildman–Crippen MR) is 42.4 cm³/mol. The van der Waals surface area contributed by atoms with Crippen LogP contribution >= 0.6 is 0 Å². The van der Waals surface area contributed by atoms with Gasteiger partial charge in [-0.2, -0.15) is 0 Å². The summed E-state index contributed by atoms with van der Waals surface area (Å²) >= 11 is 0. The average molecular weight is 122 g/mol. The summed E-state index contributed by atoms with van der Waals surface area (Å²) in [7, 11) is 0. The number of hydrogen-bond donors (Lipinski definition) is 0. The summed E-state index contributed by atoms with van der Waals surface area (Å²) in [5.41, 5.74) is 5.37. The van der Waals surface area contributed by atoms with Gasteiger partial charge in [-0.15, -0.1) is 5.73 Å². The first-order valence-electron chi connectivity index (χ1n) is 3.24. The lowest BCUT2D eigenvalue weighted by atomic mass is 10.1. The van der Waals surface area contributed by atoms with E-state index >= 15 is 0 Å². The molecule has 9 heavy (non-hydrogen) atoms. The zero-order valence-electron chi connectivity index (χ0n) is 6.49. The molecule has 0 aromatic carbocycles. The molecule has 0 N–H and O–H groups in total. The molecule has 0 unspecified atom stereocenters. The highest BCUT2D eigenvalue weighted by molar-refractivity contribution is 5.19. The van der Waals surface area contributed by atoms with Crippen molar-refractivity contribution in [2.24, 2.45) is 0 Å². The largest absolute Gasteiger partial charge is 0.125 e. The van der Waals surface area contributed by atoms with Crippen molar-refractivity contribution in [2.45, 2.75) is 27.2 Å². The molecule has 0 aliphatic heterocycles. The molecule has 0 saturated heterocycles. The normalized spacial score (nSPS) is 7.89. The molecule has 0 atom stereocenters. The smallest absolute Gasteiger partial charge is 0.00700 e. The van der Waals surface area contributed by atoms with Gasteiger partial charge in [0, 0.05) is 0 Å². The molecule has 0 rings (SSSR count). The van der Waals surface area contributed by atoms with E-state index in [4.69, 9.17) is 0 Å². The van der Waals surface area contributed by atoms with Crippen LogP contribution in [0.15, 0.2) is 29.5 Å². The predicted octanol–water partition coefficient (Wildman–Crippen LogP) is 3.07. The molecule has 0 nitrogen and oxygen atoms in total. The molecule has 0 saturated carbocycles. The summed E-state index contributed by atoms with van der Waals surface area (Å²) in [6.07, 6.45) is 3.13. The lowest BCUT2D eigenvalue weighted by Gasteiger charge is -1.91. The Morgan fingerprint density at radius 1 is 1.56 bits per heavy atom. The Kier molecular flexibility index (Phi) is 3.83. The first-order valence-corrected chi connectivity index (χ1v) is 3.24. The fourth-order valence-corrected chi connectivity index (χ4v) is 0.627. The van der Waals surface area contributed by atoms with Gasteiger partial charge in [-0.05, 0) is 25.8 Å². The average Bonchev–Trinajstić information content (AvgIpc) is 1.82. The van der Waals surface area contributed by atoms with Crippen molar-refractivity contribution in [2.75, 3.05) is 0 Å². The van der Waals surface area contributed by atoms with Gasteiger partial charge in [0.1, 0.15) is 0 Å². The van der Waals surface area contributed by atoms with Gasteiger partial charge in [-0.1, -0.05) is 25.2 Å². The zero-order valence-corrected chi connectivity index (χ0v) is 6.49. The second-order valence-corrected chi connectivity index (χ2v) is 2.28. The fourth-order valence-electron chi connectivity index (χ4n) is 0.627. The van der Waals surface area contributed by atoms with Crippen molar-refractivity contribution < 1.29 is 0 Å². The Hall–Kier alpha value is -0.740. The fraction of sp³-hybridized carbons (Fsp3) is 0.444. The zero-order chi connectivity index (χ0) is 7.28. The first kappa shape index (κ1) is 8.26. The first-order chi connectivity index (χ1) is 4.20. The standard InChI is InChI=1S/C9H14/c1-5-9(6-2)7-8(3)4/h7H,1,6H2,2-4H3. The van der Waals surface area contributed by atoms with Gasteiger partial charge in [-0.3, -0.25) is 0 Å². The summed E-state index contributed by atoms with van der Waals surface area (Å²) in [6, 6.07) is 0. The number of hydrogen-bond acceptors (Lipinski definition) is 0. The molecular weight excluding hydrogens is 108 g/mol. The van der Waals surface area contributed by atoms with E-state index in [1.807, 2.05) is 0 Å². The van der Waals surface area contributed by atoms with Crippen LogP contribution in [0.2, 0.25) is 0 Å². The third-order valence-electron chi connectivity index (χ3n) is 1.07. The van der Waals surface area contributed by atoms with E-state index in [0.29, 0.717) is 0 Å². The highest BCUT2D eigenvalue weighted by Crippen LogP contribution is 2.02. The summed E-state index contributed by atoms with van der Waals surface area (Å²) in [5, 5.41) is 0. The highest BCUT2D eigenvalue weighted by atomic mass is 13.9. The van der Waals surface area contributed by atoms with Crippen LogP contribution in [0.3, 0.4) is 0 Å². The van der Waals surface area contributed by atoms with Crippen molar-refractivity contribution in [3.8, 4) is 0 Å². The molecule has 0 bridgehead atoms. The summed E-state index contributed by atoms with van der Waals surface area (Å²) in [4.78, 5) is 0. The van der Waals surface area contributed by atoms with Gasteiger partial charge in [0.15, 0.2) is 0 Å². The van der Waals surface area contributed by atoms with E-state index in [1.165, 1.54) is 11.1 Å². The molecule has 0 aliphatic rings. The summed E-state index contributed by atoms with van der Waals surface area (Å²) < 4.78 is 0. The monoisotopic (exact) mass is 122 g/mol. The quantitative estimate of drug-likeness (QED) is 0.390. The van der Waals surface area contributed by atoms with Gasteiger partial charge in [0.2, 0.25) is 0 Å². The highest BCUT2D eigenvalue weighted by Gasteiger charge is 1.83. The molecule has 0 fully saturated rings. The molecule has 0 heterocycles. The van der Waals surface area contributed by atoms with Crippen molar-refractivity contribution in [1.29, 1.82) is 0 Å². The van der Waals surface area contributed by atoms with Crippen LogP contribution in [0, 0.1) is 0 Å². The number of allylic oxidation sites excluding steroid dienone is 3. The Bertz CT molecular complexity index is 151. The maximum absolute atomic E-state index is 3.58. The topological polar surface area (TPSA) is 0 Å². The van der Waals surface area contributed by atoms with Crippen LogP contribution in [0.4, 0.5) is 0 Å². The molecular formula is C9H14. The molecule has 0 aromatic rings. The van der Waals surface area contributed by atoms with Crippen molar-refractivity contribution in [1.82, 2.24) is 0 Å². The molecule has 0 spiro atoms. The third-order valence-corrected chi connectivity index (χ3v) is 1.07. The Morgan fingerprint density at radius 2 is 2.11 bits per heavy atom. The van der Waals surface area contributed by atoms with Crippen molar-refractivity contribution in [3.63, 3.8) is 0 Å². The van der Waals surface area contributed by atoms with E-state index in [0.717, 1.165) is 6.42 Å². The SMILES string of the molecule is C=C=C(C=C(C)C)CC. The minimum Gasteiger partial charge on any atom is -0.125 e. The van der Waals surface area contributed by atoms with Crippen LogP contribution < -0.4 is 0 Å². The van der Waals surface area contributed by atoms with Crippen LogP contribution in [-0.2, 0) is 0 Å². The van der Waals surface area contributed by atoms with Gasteiger partial charge in [0.05, 0.1) is 0 Å². The summed E-state index contributed by atoms with van der Waals surface area (Å²) in [5.74, 6) is 0. The molecule has 0 aliphatic carbocycles. The Morgan fingerprint density at radius 3 is 2.22 bits per heavy atom. The molecule has 0 heteroatoms. The van der Waals surface area contributed by atoms with E-state index in [9.17, 15) is 0 Å². The lowest BCUT2D eigenvalue weighted by molar-refractivity contribution is 1.14. The maximum atomic E-state index is 3.58. The van der Waals surface area contributed by atoms with Crippen LogP contribution in [0.25, 0.3) is 0 Å². The second kappa shape index (κ2) is 4.17. The van der Waals surface area contributed by atoms with Crippen LogP contribution in [0.5, 0.6) is 0 Å². The van der Waals surface area contributed by atoms with Gasteiger partial charge < -0.3 is 0 Å². The van der Waals surface area contributed by atoms with Crippen LogP contribution in [-0.4, -0.2) is 0 Å². The maximum Gasteiger partial charge on any atom is -0.00700 e. The van der Waals surface area contributed by atoms with Gasteiger partial charge >= 0.3 is 0 Å². The van der Waals surface area contributed by atoms with Gasteiger partial charge in [0.25, 0.3) is 0 Å². The van der Waals surface area contributed by atoms with E-state index in [2.05, 4.69) is 39.2 Å². The second-order valence-electron chi connectivity index (χ2n) is 2.28. The molecule has 0 amide bonds. The van der Waals surface area contributed by atoms with E-state index < -0.39 is 0 Å². The molecule has 50 valence electrons. The van der Waals surface area contributed by atoms with Crippen molar-refractivity contribution in [3.05, 3.63) is 29.5 Å². The van der Waals surface area contributed by atoms with E-state index in [1.54, 1.807) is 0 Å². The summed E-state index contributed by atoms with van der Waals surface area (Å²) in [6.45, 7) is 9.84.